The molecule has 0 radical (unpaired) electrons. The van der Waals surface area contributed by atoms with Crippen molar-refractivity contribution >= 4 is 11.6 Å². The average molecular weight is 400 g/mol. The Labute approximate surface area is 169 Å². The van der Waals surface area contributed by atoms with Crippen LogP contribution in [0.1, 0.15) is 30.3 Å². The molecule has 3 aromatic rings. The number of ether oxygens (including phenoxy) is 2. The molecule has 1 fully saturated rings. The lowest BCUT2D eigenvalue weighted by Gasteiger charge is -2.25. The number of hydrogen-bond donors (Lipinski definition) is 0. The summed E-state index contributed by atoms with van der Waals surface area (Å²) in [6.45, 7) is 1.57. The van der Waals surface area contributed by atoms with Crippen LogP contribution in [0.2, 0.25) is 5.02 Å². The molecule has 28 heavy (non-hydrogen) atoms. The maximum Gasteiger partial charge on any atom is 0.241 e. The molecule has 1 aromatic heterocycles. The highest BCUT2D eigenvalue weighted by Crippen LogP contribution is 2.39. The quantitative estimate of drug-likeness (QED) is 0.596. The van der Waals surface area contributed by atoms with Crippen molar-refractivity contribution in [2.75, 3.05) is 20.8 Å². The summed E-state index contributed by atoms with van der Waals surface area (Å²) < 4.78 is 16.4. The highest BCUT2D eigenvalue weighted by molar-refractivity contribution is 6.30. The van der Waals surface area contributed by atoms with Gasteiger partial charge in [-0.3, -0.25) is 4.90 Å². The van der Waals surface area contributed by atoms with Crippen LogP contribution in [0.5, 0.6) is 11.5 Å². The minimum atomic E-state index is 0.242. The third-order valence-electron chi connectivity index (χ3n) is 5.07. The van der Waals surface area contributed by atoms with Crippen LogP contribution < -0.4 is 9.47 Å². The third-order valence-corrected chi connectivity index (χ3v) is 5.32. The molecule has 1 aliphatic heterocycles. The van der Waals surface area contributed by atoms with Crippen molar-refractivity contribution in [1.82, 2.24) is 15.0 Å². The molecule has 1 saturated heterocycles. The summed E-state index contributed by atoms with van der Waals surface area (Å²) in [6.07, 6.45) is 2.17. The SMILES string of the molecule is COc1ccc([C@H]2CCCN2Cc2nc(-c3ccc(Cl)cc3)no2)c(OC)c1. The zero-order valence-corrected chi connectivity index (χ0v) is 16.6. The molecule has 4 rings (SSSR count). The van der Waals surface area contributed by atoms with Crippen LogP contribution in [0.4, 0.5) is 0 Å². The third kappa shape index (κ3) is 3.84. The van der Waals surface area contributed by atoms with E-state index in [4.69, 9.17) is 25.6 Å². The first-order valence-corrected chi connectivity index (χ1v) is 9.60. The first-order valence-electron chi connectivity index (χ1n) is 9.22. The van der Waals surface area contributed by atoms with Crippen molar-refractivity contribution in [2.24, 2.45) is 0 Å². The molecule has 0 aliphatic carbocycles. The number of rotatable bonds is 6. The fourth-order valence-corrected chi connectivity index (χ4v) is 3.80. The Morgan fingerprint density at radius 1 is 1.14 bits per heavy atom. The smallest absolute Gasteiger partial charge is 0.241 e. The van der Waals surface area contributed by atoms with Crippen LogP contribution in [0.3, 0.4) is 0 Å². The Balaban J connectivity index is 1.53. The van der Waals surface area contributed by atoms with Gasteiger partial charge in [-0.2, -0.15) is 4.98 Å². The fraction of sp³-hybridized carbons (Fsp3) is 0.333. The van der Waals surface area contributed by atoms with Gasteiger partial charge in [0.05, 0.1) is 20.8 Å². The van der Waals surface area contributed by atoms with Gasteiger partial charge in [0.2, 0.25) is 11.7 Å². The zero-order chi connectivity index (χ0) is 19.5. The average Bonchev–Trinajstić information content (AvgIpc) is 3.38. The number of nitrogens with zero attached hydrogens (tertiary/aromatic N) is 3. The topological polar surface area (TPSA) is 60.6 Å². The van der Waals surface area contributed by atoms with E-state index < -0.39 is 0 Å². The molecule has 0 amide bonds. The number of methoxy groups -OCH3 is 2. The summed E-state index contributed by atoms with van der Waals surface area (Å²) in [4.78, 5) is 6.91. The lowest BCUT2D eigenvalue weighted by Crippen LogP contribution is -2.23. The second-order valence-electron chi connectivity index (χ2n) is 6.75. The Morgan fingerprint density at radius 2 is 1.96 bits per heavy atom. The van der Waals surface area contributed by atoms with Crippen LogP contribution in [-0.4, -0.2) is 35.8 Å². The molecule has 6 nitrogen and oxygen atoms in total. The summed E-state index contributed by atoms with van der Waals surface area (Å²) >= 11 is 5.95. The van der Waals surface area contributed by atoms with Gasteiger partial charge in [-0.15, -0.1) is 0 Å². The van der Waals surface area contributed by atoms with Crippen molar-refractivity contribution < 1.29 is 14.0 Å². The summed E-state index contributed by atoms with van der Waals surface area (Å²) in [6, 6.07) is 13.6. The highest BCUT2D eigenvalue weighted by atomic mass is 35.5. The fourth-order valence-electron chi connectivity index (χ4n) is 3.67. The molecule has 146 valence electrons. The van der Waals surface area contributed by atoms with Gasteiger partial charge in [0.25, 0.3) is 0 Å². The summed E-state index contributed by atoms with van der Waals surface area (Å²) in [5.74, 6) is 2.80. The lowest BCUT2D eigenvalue weighted by atomic mass is 10.0. The minimum Gasteiger partial charge on any atom is -0.497 e. The van der Waals surface area contributed by atoms with Gasteiger partial charge in [0.1, 0.15) is 11.5 Å². The molecule has 0 N–H and O–H groups in total. The molecular formula is C21H22ClN3O3. The van der Waals surface area contributed by atoms with Crippen molar-refractivity contribution in [2.45, 2.75) is 25.4 Å². The van der Waals surface area contributed by atoms with E-state index in [1.807, 2.05) is 36.4 Å². The second-order valence-corrected chi connectivity index (χ2v) is 7.19. The molecule has 0 bridgehead atoms. The standard InChI is InChI=1S/C21H22ClN3O3/c1-26-16-9-10-17(19(12-16)27-2)18-4-3-11-25(18)13-20-23-21(24-28-20)14-5-7-15(22)8-6-14/h5-10,12,18H,3-4,11,13H2,1-2H3/t18-/m1/s1. The molecule has 0 spiro atoms. The van der Waals surface area contributed by atoms with Gasteiger partial charge in [0.15, 0.2) is 0 Å². The van der Waals surface area contributed by atoms with Crippen molar-refractivity contribution in [3.05, 3.63) is 58.9 Å². The van der Waals surface area contributed by atoms with Crippen LogP contribution >= 0.6 is 11.6 Å². The van der Waals surface area contributed by atoms with Crippen molar-refractivity contribution in [1.29, 1.82) is 0 Å². The summed E-state index contributed by atoms with van der Waals surface area (Å²) in [5.41, 5.74) is 2.03. The van der Waals surface area contributed by atoms with Crippen molar-refractivity contribution in [3.63, 3.8) is 0 Å². The largest absolute Gasteiger partial charge is 0.497 e. The van der Waals surface area contributed by atoms with Gasteiger partial charge in [-0.25, -0.2) is 0 Å². The second kappa shape index (κ2) is 8.20. The van der Waals surface area contributed by atoms with E-state index in [-0.39, 0.29) is 6.04 Å². The Hall–Kier alpha value is -2.57. The van der Waals surface area contributed by atoms with Crippen molar-refractivity contribution in [3.8, 4) is 22.9 Å². The summed E-state index contributed by atoms with van der Waals surface area (Å²) in [5, 5.41) is 4.80. The molecule has 1 aliphatic rings. The Kier molecular flexibility index (Phi) is 5.50. The van der Waals surface area contributed by atoms with Gasteiger partial charge >= 0.3 is 0 Å². The van der Waals surface area contributed by atoms with Gasteiger partial charge in [-0.1, -0.05) is 22.8 Å². The first kappa shape index (κ1) is 18.8. The lowest BCUT2D eigenvalue weighted by molar-refractivity contribution is 0.209. The Morgan fingerprint density at radius 3 is 2.71 bits per heavy atom. The van der Waals surface area contributed by atoms with Crippen LogP contribution in [-0.2, 0) is 6.54 Å². The van der Waals surface area contributed by atoms with E-state index in [1.54, 1.807) is 14.2 Å². The number of halogens is 1. The summed E-state index contributed by atoms with van der Waals surface area (Å²) in [7, 11) is 3.35. The number of aromatic nitrogens is 2. The van der Waals surface area contributed by atoms with Gasteiger partial charge < -0.3 is 14.0 Å². The molecule has 2 heterocycles. The van der Waals surface area contributed by atoms with Gasteiger partial charge in [0, 0.05) is 28.3 Å². The van der Waals surface area contributed by atoms with Crippen LogP contribution in [0.25, 0.3) is 11.4 Å². The van der Waals surface area contributed by atoms with Gasteiger partial charge in [-0.05, 0) is 49.7 Å². The molecule has 0 saturated carbocycles. The molecule has 0 unspecified atom stereocenters. The highest BCUT2D eigenvalue weighted by Gasteiger charge is 2.30. The molecule has 2 aromatic carbocycles. The number of benzene rings is 2. The molecule has 7 heteroatoms. The first-order chi connectivity index (χ1) is 13.7. The van der Waals surface area contributed by atoms with E-state index in [2.05, 4.69) is 21.1 Å². The Bertz CT molecular complexity index is 942. The molecule has 1 atom stereocenters. The zero-order valence-electron chi connectivity index (χ0n) is 15.9. The van der Waals surface area contributed by atoms with E-state index in [1.165, 1.54) is 0 Å². The van der Waals surface area contributed by atoms with E-state index in [9.17, 15) is 0 Å². The van der Waals surface area contributed by atoms with E-state index in [0.717, 1.165) is 42.0 Å². The van der Waals surface area contributed by atoms with Crippen LogP contribution in [0, 0.1) is 0 Å². The number of likely N-dealkylation sites (tertiary alicyclic amines) is 1. The maximum atomic E-state index is 5.95. The predicted octanol–water partition coefficient (Wildman–Crippen LogP) is 4.74. The maximum absolute atomic E-state index is 5.95. The van der Waals surface area contributed by atoms with E-state index in [0.29, 0.717) is 23.3 Å². The predicted molar refractivity (Wildman–Crippen MR) is 107 cm³/mol. The minimum absolute atomic E-state index is 0.242. The van der Waals surface area contributed by atoms with E-state index >= 15 is 0 Å². The molecular weight excluding hydrogens is 378 g/mol. The monoisotopic (exact) mass is 399 g/mol. The normalized spacial score (nSPS) is 17.0. The number of hydrogen-bond acceptors (Lipinski definition) is 6. The van der Waals surface area contributed by atoms with Crippen LogP contribution in [0.15, 0.2) is 47.0 Å².